The molecular formula is C49H90O9. The standard InChI is InChI=1S/C49H90O9/c1-3-5-7-9-11-13-15-17-18-19-20-21-22-23-24-25-26-27-28-30-32-34-36-38-45(51)57-43(42-56-49-48(54)47(53)46(52)44(40-50)58-49)41-55-39-37-35-33-31-29-16-14-12-10-8-6-4-2/h15,17,19-20,22-23,43-44,46-50,52-54H,3-14,16,18,21,24-42H2,1-2H3/b17-15-,20-19-,23-22-. The van der Waals surface area contributed by atoms with Crippen molar-refractivity contribution in [2.45, 2.75) is 243 Å². The predicted octanol–water partition coefficient (Wildman–Crippen LogP) is 11.1. The van der Waals surface area contributed by atoms with Crippen molar-refractivity contribution in [2.75, 3.05) is 26.4 Å². The average molecular weight is 823 g/mol. The third-order valence-electron chi connectivity index (χ3n) is 11.1. The Morgan fingerprint density at radius 1 is 0.552 bits per heavy atom. The van der Waals surface area contributed by atoms with Gasteiger partial charge in [-0.1, -0.05) is 185 Å². The lowest BCUT2D eigenvalue weighted by Gasteiger charge is -2.39. The van der Waals surface area contributed by atoms with Gasteiger partial charge in [0.05, 0.1) is 19.8 Å². The molecular weight excluding hydrogens is 733 g/mol. The number of carbonyl (C=O) groups excluding carboxylic acids is 1. The van der Waals surface area contributed by atoms with Gasteiger partial charge < -0.3 is 39.4 Å². The number of ether oxygens (including phenoxy) is 4. The van der Waals surface area contributed by atoms with Gasteiger partial charge in [-0.15, -0.1) is 0 Å². The van der Waals surface area contributed by atoms with Crippen molar-refractivity contribution < 1.29 is 44.2 Å². The summed E-state index contributed by atoms with van der Waals surface area (Å²) in [5, 5.41) is 40.1. The van der Waals surface area contributed by atoms with Gasteiger partial charge in [0.1, 0.15) is 30.5 Å². The highest BCUT2D eigenvalue weighted by Crippen LogP contribution is 2.23. The van der Waals surface area contributed by atoms with Gasteiger partial charge in [-0.05, 0) is 51.4 Å². The first-order valence-corrected chi connectivity index (χ1v) is 24.1. The number of carbonyl (C=O) groups is 1. The van der Waals surface area contributed by atoms with Gasteiger partial charge in [0.15, 0.2) is 6.29 Å². The lowest BCUT2D eigenvalue weighted by atomic mass is 9.99. The third-order valence-corrected chi connectivity index (χ3v) is 11.1. The SMILES string of the molecule is CCCCCCC/C=C\C/C=C\C/C=C\CCCCCCCCCCC(=O)OC(COCCCCCCCCCCCCCC)COC1OC(CO)C(O)C(O)C1O. The van der Waals surface area contributed by atoms with E-state index in [1.54, 1.807) is 0 Å². The van der Waals surface area contributed by atoms with Crippen LogP contribution in [-0.4, -0.2) is 89.6 Å². The molecule has 0 radical (unpaired) electrons. The normalized spacial score (nSPS) is 20.6. The molecule has 9 nitrogen and oxygen atoms in total. The van der Waals surface area contributed by atoms with E-state index in [0.29, 0.717) is 13.0 Å². The van der Waals surface area contributed by atoms with Crippen molar-refractivity contribution in [3.05, 3.63) is 36.5 Å². The first-order chi connectivity index (χ1) is 28.4. The zero-order valence-electron chi connectivity index (χ0n) is 37.3. The Kier molecular flexibility index (Phi) is 38.3. The first kappa shape index (κ1) is 54.4. The van der Waals surface area contributed by atoms with Crippen molar-refractivity contribution in [3.63, 3.8) is 0 Å². The number of aliphatic hydroxyl groups is 4. The highest BCUT2D eigenvalue weighted by atomic mass is 16.7. The van der Waals surface area contributed by atoms with E-state index >= 15 is 0 Å². The molecule has 0 aromatic carbocycles. The lowest BCUT2D eigenvalue weighted by Crippen LogP contribution is -2.59. The molecule has 4 N–H and O–H groups in total. The number of unbranched alkanes of at least 4 members (excludes halogenated alkanes) is 24. The number of esters is 1. The molecule has 0 amide bonds. The monoisotopic (exact) mass is 823 g/mol. The summed E-state index contributed by atoms with van der Waals surface area (Å²) in [6.45, 7) is 4.55. The lowest BCUT2D eigenvalue weighted by molar-refractivity contribution is -0.305. The summed E-state index contributed by atoms with van der Waals surface area (Å²) in [6, 6.07) is 0. The molecule has 1 heterocycles. The van der Waals surface area contributed by atoms with E-state index in [2.05, 4.69) is 50.3 Å². The van der Waals surface area contributed by atoms with Crippen LogP contribution >= 0.6 is 0 Å². The highest BCUT2D eigenvalue weighted by molar-refractivity contribution is 5.69. The number of rotatable bonds is 41. The van der Waals surface area contributed by atoms with Crippen molar-refractivity contribution in [3.8, 4) is 0 Å². The molecule has 1 aliphatic heterocycles. The van der Waals surface area contributed by atoms with Gasteiger partial charge >= 0.3 is 5.97 Å². The fourth-order valence-corrected chi connectivity index (χ4v) is 7.26. The number of aliphatic hydroxyl groups excluding tert-OH is 4. The molecule has 6 unspecified atom stereocenters. The van der Waals surface area contributed by atoms with Gasteiger partial charge in [-0.25, -0.2) is 0 Å². The van der Waals surface area contributed by atoms with E-state index in [9.17, 15) is 25.2 Å². The molecule has 0 aromatic rings. The molecule has 1 rings (SSSR count). The van der Waals surface area contributed by atoms with Crippen LogP contribution in [0.15, 0.2) is 36.5 Å². The molecule has 0 aliphatic carbocycles. The Morgan fingerprint density at radius 2 is 1.00 bits per heavy atom. The van der Waals surface area contributed by atoms with Crippen LogP contribution in [0, 0.1) is 0 Å². The summed E-state index contributed by atoms with van der Waals surface area (Å²) in [7, 11) is 0. The number of hydrogen-bond donors (Lipinski definition) is 4. The predicted molar refractivity (Wildman–Crippen MR) is 238 cm³/mol. The van der Waals surface area contributed by atoms with Gasteiger partial charge in [-0.2, -0.15) is 0 Å². The number of hydrogen-bond acceptors (Lipinski definition) is 9. The van der Waals surface area contributed by atoms with Crippen LogP contribution < -0.4 is 0 Å². The summed E-state index contributed by atoms with van der Waals surface area (Å²) >= 11 is 0. The molecule has 1 saturated heterocycles. The third kappa shape index (κ3) is 31.3. The van der Waals surface area contributed by atoms with E-state index in [1.807, 2.05) is 0 Å². The van der Waals surface area contributed by atoms with E-state index in [0.717, 1.165) is 51.4 Å². The first-order valence-electron chi connectivity index (χ1n) is 24.1. The molecule has 0 aromatic heterocycles. The summed E-state index contributed by atoms with van der Waals surface area (Å²) in [4.78, 5) is 12.8. The minimum Gasteiger partial charge on any atom is -0.457 e. The molecule has 0 bridgehead atoms. The number of allylic oxidation sites excluding steroid dienone is 6. The highest BCUT2D eigenvalue weighted by Gasteiger charge is 2.44. The van der Waals surface area contributed by atoms with Crippen LogP contribution in [0.4, 0.5) is 0 Å². The van der Waals surface area contributed by atoms with Gasteiger partial charge in [0.2, 0.25) is 0 Å². The largest absolute Gasteiger partial charge is 0.457 e. The smallest absolute Gasteiger partial charge is 0.306 e. The minimum absolute atomic E-state index is 0.114. The second-order valence-electron chi connectivity index (χ2n) is 16.6. The summed E-state index contributed by atoms with van der Waals surface area (Å²) in [5.41, 5.74) is 0. The molecule has 6 atom stereocenters. The fraction of sp³-hybridized carbons (Fsp3) is 0.857. The van der Waals surface area contributed by atoms with Crippen LogP contribution in [0.1, 0.15) is 206 Å². The Balaban J connectivity index is 2.21. The van der Waals surface area contributed by atoms with Crippen LogP contribution in [0.5, 0.6) is 0 Å². The van der Waals surface area contributed by atoms with Crippen LogP contribution in [0.3, 0.4) is 0 Å². The zero-order chi connectivity index (χ0) is 42.2. The van der Waals surface area contributed by atoms with Crippen LogP contribution in [0.25, 0.3) is 0 Å². The molecule has 9 heteroatoms. The van der Waals surface area contributed by atoms with Crippen LogP contribution in [0.2, 0.25) is 0 Å². The molecule has 1 aliphatic rings. The van der Waals surface area contributed by atoms with E-state index in [1.165, 1.54) is 135 Å². The van der Waals surface area contributed by atoms with E-state index in [-0.39, 0.29) is 19.2 Å². The minimum atomic E-state index is -1.54. The second kappa shape index (κ2) is 40.8. The van der Waals surface area contributed by atoms with Crippen molar-refractivity contribution in [1.82, 2.24) is 0 Å². The maximum atomic E-state index is 12.8. The second-order valence-corrected chi connectivity index (χ2v) is 16.6. The van der Waals surface area contributed by atoms with E-state index < -0.39 is 43.4 Å². The Hall–Kier alpha value is -1.59. The fourth-order valence-electron chi connectivity index (χ4n) is 7.26. The van der Waals surface area contributed by atoms with Crippen molar-refractivity contribution in [2.24, 2.45) is 0 Å². The topological polar surface area (TPSA) is 135 Å². The Morgan fingerprint density at radius 3 is 1.50 bits per heavy atom. The molecule has 340 valence electrons. The summed E-state index contributed by atoms with van der Waals surface area (Å²) in [6.07, 6.45) is 41.7. The van der Waals surface area contributed by atoms with Gasteiger partial charge in [0, 0.05) is 13.0 Å². The maximum absolute atomic E-state index is 12.8. The molecule has 0 saturated carbocycles. The average Bonchev–Trinajstić information content (AvgIpc) is 3.22. The van der Waals surface area contributed by atoms with Gasteiger partial charge in [-0.3, -0.25) is 4.79 Å². The van der Waals surface area contributed by atoms with E-state index in [4.69, 9.17) is 18.9 Å². The van der Waals surface area contributed by atoms with Crippen molar-refractivity contribution >= 4 is 5.97 Å². The molecule has 1 fully saturated rings. The maximum Gasteiger partial charge on any atom is 0.306 e. The molecule has 0 spiro atoms. The van der Waals surface area contributed by atoms with Crippen molar-refractivity contribution in [1.29, 1.82) is 0 Å². The Bertz CT molecular complexity index is 983. The van der Waals surface area contributed by atoms with Crippen LogP contribution in [-0.2, 0) is 23.7 Å². The summed E-state index contributed by atoms with van der Waals surface area (Å²) < 4.78 is 22.8. The zero-order valence-corrected chi connectivity index (χ0v) is 37.3. The quantitative estimate of drug-likeness (QED) is 0.0270. The Labute approximate surface area is 355 Å². The summed E-state index contributed by atoms with van der Waals surface area (Å²) in [5.74, 6) is -0.319. The van der Waals surface area contributed by atoms with Gasteiger partial charge in [0.25, 0.3) is 0 Å². The molecule has 58 heavy (non-hydrogen) atoms.